The van der Waals surface area contributed by atoms with E-state index in [1.807, 2.05) is 63.8 Å². The first-order valence-corrected chi connectivity index (χ1v) is 11.0. The van der Waals surface area contributed by atoms with Crippen LogP contribution in [0, 0.1) is 0 Å². The molecule has 0 aromatic heterocycles. The van der Waals surface area contributed by atoms with Gasteiger partial charge in [0.15, 0.2) is 5.96 Å². The first-order valence-electron chi connectivity index (χ1n) is 11.0. The molecule has 1 aromatic rings. The zero-order valence-electron chi connectivity index (χ0n) is 19.5. The molecule has 31 heavy (non-hydrogen) atoms. The number of guanidine groups is 1. The number of aliphatic imine (C=N–C) groups is 1. The molecule has 0 atom stereocenters. The maximum atomic E-state index is 12.3. The smallest absolute Gasteiger partial charge is 0.242 e. The Morgan fingerprint density at radius 3 is 2.35 bits per heavy atom. The van der Waals surface area contributed by atoms with Gasteiger partial charge in [0, 0.05) is 37.3 Å². The number of nitrogens with one attached hydrogen (secondary N) is 3. The van der Waals surface area contributed by atoms with Crippen molar-refractivity contribution in [1.82, 2.24) is 15.5 Å². The van der Waals surface area contributed by atoms with Crippen molar-refractivity contribution in [2.75, 3.05) is 31.5 Å². The predicted octanol–water partition coefficient (Wildman–Crippen LogP) is 2.76. The van der Waals surface area contributed by atoms with Crippen molar-refractivity contribution in [3.8, 4) is 5.75 Å². The minimum atomic E-state index is -0.317. The Balaban J connectivity index is 1.97. The van der Waals surface area contributed by atoms with Crippen molar-refractivity contribution < 1.29 is 14.3 Å². The zero-order chi connectivity index (χ0) is 22.9. The lowest BCUT2D eigenvalue weighted by molar-refractivity contribution is -0.130. The fraction of sp³-hybridized carbons (Fsp3) is 0.609. The number of likely N-dealkylation sites (tertiary alicyclic amines) is 1. The van der Waals surface area contributed by atoms with Gasteiger partial charge in [-0.1, -0.05) is 0 Å². The fourth-order valence-corrected chi connectivity index (χ4v) is 3.19. The molecule has 0 unspecified atom stereocenters. The van der Waals surface area contributed by atoms with Gasteiger partial charge in [-0.25, -0.2) is 4.99 Å². The molecule has 0 saturated carbocycles. The topological polar surface area (TPSA) is 95.1 Å². The highest BCUT2D eigenvalue weighted by atomic mass is 16.5. The quantitative estimate of drug-likeness (QED) is 0.435. The second-order valence-electron chi connectivity index (χ2n) is 9.04. The standard InChI is InChI=1S/C23H37N5O3/c1-17(2)31-19-10-8-18(9-11-19)26-22(25-16-20(29)27-23(3,4)5)24-13-12-21(30)28-14-6-7-15-28/h8-11,17H,6-7,12-16H2,1-5H3,(H,27,29)(H2,24,25,26). The van der Waals surface area contributed by atoms with E-state index in [0.29, 0.717) is 18.9 Å². The number of amides is 2. The van der Waals surface area contributed by atoms with Gasteiger partial charge in [-0.15, -0.1) is 0 Å². The molecule has 0 aliphatic carbocycles. The van der Waals surface area contributed by atoms with E-state index in [1.165, 1.54) is 0 Å². The van der Waals surface area contributed by atoms with Crippen LogP contribution in [0.25, 0.3) is 0 Å². The molecular formula is C23H37N5O3. The Morgan fingerprint density at radius 2 is 1.77 bits per heavy atom. The molecule has 0 radical (unpaired) electrons. The van der Waals surface area contributed by atoms with E-state index >= 15 is 0 Å². The molecule has 1 heterocycles. The van der Waals surface area contributed by atoms with Gasteiger partial charge >= 0.3 is 0 Å². The molecule has 8 nitrogen and oxygen atoms in total. The summed E-state index contributed by atoms with van der Waals surface area (Å²) < 4.78 is 5.67. The van der Waals surface area contributed by atoms with Gasteiger partial charge < -0.3 is 25.6 Å². The third-order valence-corrected chi connectivity index (χ3v) is 4.47. The van der Waals surface area contributed by atoms with Crippen molar-refractivity contribution >= 4 is 23.5 Å². The number of hydrogen-bond donors (Lipinski definition) is 3. The van der Waals surface area contributed by atoms with Crippen LogP contribution in [0.2, 0.25) is 0 Å². The van der Waals surface area contributed by atoms with Gasteiger partial charge in [-0.05, 0) is 71.7 Å². The lowest BCUT2D eigenvalue weighted by Crippen LogP contribution is -2.42. The molecule has 8 heteroatoms. The van der Waals surface area contributed by atoms with Crippen LogP contribution < -0.4 is 20.7 Å². The molecule has 3 N–H and O–H groups in total. The summed E-state index contributed by atoms with van der Waals surface area (Å²) in [4.78, 5) is 30.7. The van der Waals surface area contributed by atoms with E-state index < -0.39 is 0 Å². The summed E-state index contributed by atoms with van der Waals surface area (Å²) in [5, 5.41) is 9.26. The number of benzene rings is 1. The van der Waals surface area contributed by atoms with E-state index in [1.54, 1.807) is 0 Å². The molecule has 2 rings (SSSR count). The Hall–Kier alpha value is -2.77. The summed E-state index contributed by atoms with van der Waals surface area (Å²) in [5.41, 5.74) is 0.492. The van der Waals surface area contributed by atoms with Crippen molar-refractivity contribution in [2.45, 2.75) is 65.5 Å². The summed E-state index contributed by atoms with van der Waals surface area (Å²) in [6.45, 7) is 11.9. The highest BCUT2D eigenvalue weighted by Crippen LogP contribution is 2.17. The van der Waals surface area contributed by atoms with E-state index in [9.17, 15) is 9.59 Å². The summed E-state index contributed by atoms with van der Waals surface area (Å²) >= 11 is 0. The number of ether oxygens (including phenoxy) is 1. The van der Waals surface area contributed by atoms with Crippen LogP contribution in [0.15, 0.2) is 29.3 Å². The first kappa shape index (κ1) is 24.5. The monoisotopic (exact) mass is 431 g/mol. The Kier molecular flexibility index (Phi) is 9.15. The molecule has 1 aromatic carbocycles. The van der Waals surface area contributed by atoms with Crippen LogP contribution in [0.3, 0.4) is 0 Å². The maximum Gasteiger partial charge on any atom is 0.242 e. The summed E-state index contributed by atoms with van der Waals surface area (Å²) in [7, 11) is 0. The van der Waals surface area contributed by atoms with Gasteiger partial charge in [0.2, 0.25) is 11.8 Å². The SMILES string of the molecule is CC(C)Oc1ccc(NC(=NCC(=O)NC(C)(C)C)NCCC(=O)N2CCCC2)cc1. The van der Waals surface area contributed by atoms with Gasteiger partial charge in [-0.2, -0.15) is 0 Å². The van der Waals surface area contributed by atoms with E-state index in [4.69, 9.17) is 4.74 Å². The van der Waals surface area contributed by atoms with Crippen molar-refractivity contribution in [2.24, 2.45) is 4.99 Å². The minimum Gasteiger partial charge on any atom is -0.491 e. The lowest BCUT2D eigenvalue weighted by atomic mass is 10.1. The minimum absolute atomic E-state index is 0.0127. The third-order valence-electron chi connectivity index (χ3n) is 4.47. The normalized spacial score (nSPS) is 14.5. The number of carbonyl (C=O) groups excluding carboxylic acids is 2. The molecule has 1 saturated heterocycles. The Morgan fingerprint density at radius 1 is 1.13 bits per heavy atom. The lowest BCUT2D eigenvalue weighted by Gasteiger charge is -2.20. The average Bonchev–Trinajstić information content (AvgIpc) is 3.20. The first-order chi connectivity index (χ1) is 14.6. The van der Waals surface area contributed by atoms with Crippen LogP contribution in [0.4, 0.5) is 5.69 Å². The van der Waals surface area contributed by atoms with Gasteiger partial charge in [-0.3, -0.25) is 9.59 Å². The number of hydrogen-bond acceptors (Lipinski definition) is 4. The second-order valence-corrected chi connectivity index (χ2v) is 9.04. The summed E-state index contributed by atoms with van der Waals surface area (Å²) in [6.07, 6.45) is 2.64. The zero-order valence-corrected chi connectivity index (χ0v) is 19.5. The fourth-order valence-electron chi connectivity index (χ4n) is 3.19. The molecule has 1 fully saturated rings. The van der Waals surface area contributed by atoms with Crippen LogP contribution in [-0.2, 0) is 9.59 Å². The van der Waals surface area contributed by atoms with Crippen LogP contribution in [-0.4, -0.2) is 60.5 Å². The number of anilines is 1. The number of carbonyl (C=O) groups is 2. The van der Waals surface area contributed by atoms with Gasteiger partial charge in [0.05, 0.1) is 6.10 Å². The van der Waals surface area contributed by atoms with E-state index in [-0.39, 0.29) is 30.0 Å². The van der Waals surface area contributed by atoms with Crippen molar-refractivity contribution in [3.63, 3.8) is 0 Å². The number of nitrogens with zero attached hydrogens (tertiary/aromatic N) is 2. The largest absolute Gasteiger partial charge is 0.491 e. The van der Waals surface area contributed by atoms with Gasteiger partial charge in [0.25, 0.3) is 0 Å². The molecule has 2 amide bonds. The van der Waals surface area contributed by atoms with Crippen LogP contribution in [0.1, 0.15) is 53.9 Å². The maximum absolute atomic E-state index is 12.3. The molecule has 1 aliphatic rings. The second kappa shape index (κ2) is 11.6. The highest BCUT2D eigenvalue weighted by Gasteiger charge is 2.17. The number of rotatable bonds is 8. The summed E-state index contributed by atoms with van der Waals surface area (Å²) in [6, 6.07) is 7.53. The van der Waals surface area contributed by atoms with E-state index in [2.05, 4.69) is 20.9 Å². The Labute approximate surface area is 185 Å². The molecule has 172 valence electrons. The van der Waals surface area contributed by atoms with Crippen LogP contribution in [0.5, 0.6) is 5.75 Å². The van der Waals surface area contributed by atoms with Crippen molar-refractivity contribution in [1.29, 1.82) is 0 Å². The van der Waals surface area contributed by atoms with Gasteiger partial charge in [0.1, 0.15) is 12.3 Å². The predicted molar refractivity (Wildman–Crippen MR) is 124 cm³/mol. The van der Waals surface area contributed by atoms with Crippen molar-refractivity contribution in [3.05, 3.63) is 24.3 Å². The molecule has 1 aliphatic heterocycles. The Bertz CT molecular complexity index is 747. The summed E-state index contributed by atoms with van der Waals surface area (Å²) in [5.74, 6) is 1.22. The molecule has 0 spiro atoms. The molecular weight excluding hydrogens is 394 g/mol. The van der Waals surface area contributed by atoms with Crippen LogP contribution >= 0.6 is 0 Å². The highest BCUT2D eigenvalue weighted by molar-refractivity contribution is 5.95. The average molecular weight is 432 g/mol. The van der Waals surface area contributed by atoms with E-state index in [0.717, 1.165) is 37.4 Å². The molecule has 0 bridgehead atoms. The third kappa shape index (κ3) is 9.72.